The average Bonchev–Trinajstić information content (AvgIpc) is 2.81. The monoisotopic (exact) mass is 225 g/mol. The third-order valence-corrected chi connectivity index (χ3v) is 2.28. The molecule has 0 aromatic heterocycles. The molecule has 0 radical (unpaired) electrons. The van der Waals surface area contributed by atoms with Gasteiger partial charge in [-0.25, -0.2) is 0 Å². The maximum atomic E-state index is 11.9. The number of rotatable bonds is 6. The van der Waals surface area contributed by atoms with Gasteiger partial charge in [-0.1, -0.05) is 0 Å². The summed E-state index contributed by atoms with van der Waals surface area (Å²) in [6, 6.07) is 0. The number of halogens is 3. The Morgan fingerprint density at radius 2 is 2.00 bits per heavy atom. The molecule has 1 saturated carbocycles. The van der Waals surface area contributed by atoms with Gasteiger partial charge in [0.25, 0.3) is 0 Å². The zero-order chi connectivity index (χ0) is 11.5. The topological polar surface area (TPSA) is 40.5 Å². The van der Waals surface area contributed by atoms with E-state index in [0.717, 1.165) is 12.8 Å². The molecule has 3 nitrogen and oxygen atoms in total. The molecule has 0 amide bonds. The Hall–Kier alpha value is -0.780. The van der Waals surface area contributed by atoms with Gasteiger partial charge in [0.2, 0.25) is 0 Å². The Labute approximate surface area is 85.9 Å². The number of alkyl halides is 3. The van der Waals surface area contributed by atoms with Crippen molar-refractivity contribution in [1.29, 1.82) is 0 Å². The van der Waals surface area contributed by atoms with Crippen LogP contribution in [-0.2, 0) is 4.79 Å². The number of hydrogen-bond acceptors (Lipinski definition) is 2. The zero-order valence-corrected chi connectivity index (χ0v) is 8.26. The van der Waals surface area contributed by atoms with E-state index in [-0.39, 0.29) is 13.1 Å². The van der Waals surface area contributed by atoms with Crippen LogP contribution in [0.3, 0.4) is 0 Å². The van der Waals surface area contributed by atoms with Gasteiger partial charge in [0, 0.05) is 13.1 Å². The molecule has 0 aliphatic heterocycles. The highest BCUT2D eigenvalue weighted by atomic mass is 19.4. The predicted molar refractivity (Wildman–Crippen MR) is 47.5 cm³/mol. The number of aliphatic carboxylic acids is 1. The molecule has 0 heterocycles. The fraction of sp³-hybridized carbons (Fsp3) is 0.889. The molecule has 1 aliphatic carbocycles. The van der Waals surface area contributed by atoms with Crippen LogP contribution >= 0.6 is 0 Å². The Kier molecular flexibility index (Phi) is 3.96. The van der Waals surface area contributed by atoms with E-state index in [4.69, 9.17) is 5.11 Å². The molecule has 6 heteroatoms. The molecular weight excluding hydrogens is 211 g/mol. The lowest BCUT2D eigenvalue weighted by molar-refractivity contribution is -0.145. The molecule has 0 atom stereocenters. The summed E-state index contributed by atoms with van der Waals surface area (Å²) in [6.45, 7) is -0.0404. The van der Waals surface area contributed by atoms with Crippen LogP contribution in [-0.4, -0.2) is 41.8 Å². The second-order valence-corrected chi connectivity index (χ2v) is 3.94. The van der Waals surface area contributed by atoms with Gasteiger partial charge >= 0.3 is 12.1 Å². The van der Waals surface area contributed by atoms with Crippen molar-refractivity contribution < 1.29 is 23.1 Å². The second kappa shape index (κ2) is 4.83. The van der Waals surface area contributed by atoms with E-state index in [1.54, 1.807) is 0 Å². The van der Waals surface area contributed by atoms with Gasteiger partial charge in [-0.2, -0.15) is 13.2 Å². The van der Waals surface area contributed by atoms with Crippen LogP contribution in [0.4, 0.5) is 13.2 Å². The smallest absolute Gasteiger partial charge is 0.390 e. The van der Waals surface area contributed by atoms with Crippen LogP contribution in [0.15, 0.2) is 0 Å². The van der Waals surface area contributed by atoms with Crippen LogP contribution < -0.4 is 0 Å². The van der Waals surface area contributed by atoms with Crippen LogP contribution in [0.25, 0.3) is 0 Å². The van der Waals surface area contributed by atoms with Crippen molar-refractivity contribution in [1.82, 2.24) is 4.90 Å². The van der Waals surface area contributed by atoms with Gasteiger partial charge in [-0.3, -0.25) is 9.69 Å². The van der Waals surface area contributed by atoms with Gasteiger partial charge in [0.05, 0.1) is 13.0 Å². The third kappa shape index (κ3) is 6.33. The molecule has 0 spiro atoms. The number of carbonyl (C=O) groups is 1. The lowest BCUT2D eigenvalue weighted by atomic mass is 10.3. The summed E-state index contributed by atoms with van der Waals surface area (Å²) in [5.41, 5.74) is 0. The first-order valence-electron chi connectivity index (χ1n) is 4.88. The molecule has 0 bridgehead atoms. The van der Waals surface area contributed by atoms with Crippen LogP contribution in [0, 0.1) is 5.92 Å². The zero-order valence-electron chi connectivity index (χ0n) is 8.26. The first-order valence-corrected chi connectivity index (χ1v) is 4.88. The van der Waals surface area contributed by atoms with Crippen LogP contribution in [0.5, 0.6) is 0 Å². The first-order chi connectivity index (χ1) is 6.87. The van der Waals surface area contributed by atoms with Gasteiger partial charge in [0.15, 0.2) is 0 Å². The Morgan fingerprint density at radius 1 is 1.40 bits per heavy atom. The Balaban J connectivity index is 2.30. The molecular formula is C9H14F3NO2. The normalized spacial score (nSPS) is 17.1. The standard InChI is InChI=1S/C9H14F3NO2/c10-9(11,12)3-4-13(6-8(14)15)5-7-1-2-7/h7H,1-6H2,(H,14,15). The minimum absolute atomic E-state index is 0.216. The van der Waals surface area contributed by atoms with Gasteiger partial charge < -0.3 is 5.11 Å². The molecule has 1 aliphatic rings. The quantitative estimate of drug-likeness (QED) is 0.748. The minimum Gasteiger partial charge on any atom is -0.480 e. The van der Waals surface area contributed by atoms with E-state index >= 15 is 0 Å². The van der Waals surface area contributed by atoms with Crippen molar-refractivity contribution in [2.24, 2.45) is 5.92 Å². The van der Waals surface area contributed by atoms with E-state index in [1.165, 1.54) is 4.90 Å². The highest BCUT2D eigenvalue weighted by Crippen LogP contribution is 2.30. The predicted octanol–water partition coefficient (Wildman–Crippen LogP) is 1.74. The number of carboxylic acid groups (broad SMARTS) is 1. The molecule has 0 saturated heterocycles. The van der Waals surface area contributed by atoms with Crippen LogP contribution in [0.1, 0.15) is 19.3 Å². The summed E-state index contributed by atoms with van der Waals surface area (Å²) >= 11 is 0. The average molecular weight is 225 g/mol. The fourth-order valence-electron chi connectivity index (χ4n) is 1.38. The minimum atomic E-state index is -4.21. The van der Waals surface area contributed by atoms with Crippen molar-refractivity contribution in [3.63, 3.8) is 0 Å². The molecule has 0 aromatic carbocycles. The van der Waals surface area contributed by atoms with Crippen LogP contribution in [0.2, 0.25) is 0 Å². The highest BCUT2D eigenvalue weighted by molar-refractivity contribution is 5.69. The summed E-state index contributed by atoms with van der Waals surface area (Å²) in [5, 5.41) is 8.52. The van der Waals surface area contributed by atoms with E-state index < -0.39 is 18.6 Å². The largest absolute Gasteiger partial charge is 0.480 e. The fourth-order valence-corrected chi connectivity index (χ4v) is 1.38. The lowest BCUT2D eigenvalue weighted by Gasteiger charge is -2.20. The van der Waals surface area contributed by atoms with Crippen molar-refractivity contribution in [3.05, 3.63) is 0 Å². The number of carboxylic acids is 1. The second-order valence-electron chi connectivity index (χ2n) is 3.94. The van der Waals surface area contributed by atoms with E-state index in [2.05, 4.69) is 0 Å². The maximum absolute atomic E-state index is 11.9. The molecule has 1 rings (SSSR count). The SMILES string of the molecule is O=C(O)CN(CCC(F)(F)F)CC1CC1. The van der Waals surface area contributed by atoms with E-state index in [9.17, 15) is 18.0 Å². The molecule has 0 aromatic rings. The summed E-state index contributed by atoms with van der Waals surface area (Å²) in [4.78, 5) is 11.8. The van der Waals surface area contributed by atoms with Crippen molar-refractivity contribution in [3.8, 4) is 0 Å². The molecule has 1 N–H and O–H groups in total. The van der Waals surface area contributed by atoms with Gasteiger partial charge in [-0.15, -0.1) is 0 Å². The lowest BCUT2D eigenvalue weighted by Crippen LogP contribution is -2.34. The molecule has 15 heavy (non-hydrogen) atoms. The Bertz CT molecular complexity index is 226. The summed E-state index contributed by atoms with van der Waals surface area (Å²) in [5.74, 6) is -0.671. The van der Waals surface area contributed by atoms with E-state index in [0.29, 0.717) is 12.5 Å². The molecule has 88 valence electrons. The summed E-state index contributed by atoms with van der Waals surface area (Å²) in [7, 11) is 0. The van der Waals surface area contributed by atoms with Crippen molar-refractivity contribution in [2.45, 2.75) is 25.4 Å². The number of nitrogens with zero attached hydrogens (tertiary/aromatic N) is 1. The highest BCUT2D eigenvalue weighted by Gasteiger charge is 2.30. The third-order valence-electron chi connectivity index (χ3n) is 2.28. The molecule has 1 fully saturated rings. The summed E-state index contributed by atoms with van der Waals surface area (Å²) in [6.07, 6.45) is -3.14. The number of hydrogen-bond donors (Lipinski definition) is 1. The van der Waals surface area contributed by atoms with Crippen molar-refractivity contribution >= 4 is 5.97 Å². The van der Waals surface area contributed by atoms with E-state index in [1.807, 2.05) is 0 Å². The summed E-state index contributed by atoms with van der Waals surface area (Å²) < 4.78 is 35.8. The molecule has 0 unspecified atom stereocenters. The van der Waals surface area contributed by atoms with Gasteiger partial charge in [0.1, 0.15) is 0 Å². The van der Waals surface area contributed by atoms with Gasteiger partial charge in [-0.05, 0) is 18.8 Å². The van der Waals surface area contributed by atoms with Crippen molar-refractivity contribution in [2.75, 3.05) is 19.6 Å². The Morgan fingerprint density at radius 3 is 2.40 bits per heavy atom. The first kappa shape index (κ1) is 12.3. The maximum Gasteiger partial charge on any atom is 0.390 e.